The van der Waals surface area contributed by atoms with Gasteiger partial charge in [-0.15, -0.1) is 0 Å². The summed E-state index contributed by atoms with van der Waals surface area (Å²) >= 11 is 0. The molecule has 0 saturated heterocycles. The number of hydrogen-bond acceptors (Lipinski definition) is 3. The maximum Gasteiger partial charge on any atom is 0.198 e. The third-order valence-electron chi connectivity index (χ3n) is 5.05. The number of ether oxygens (including phenoxy) is 1. The highest BCUT2D eigenvalue weighted by molar-refractivity contribution is 5.36. The molecule has 3 nitrogen and oxygen atoms in total. The molecule has 0 bridgehead atoms. The zero-order chi connectivity index (χ0) is 15.9. The lowest BCUT2D eigenvalue weighted by Crippen LogP contribution is -2.32. The van der Waals surface area contributed by atoms with Crippen molar-refractivity contribution in [2.24, 2.45) is 0 Å². The van der Waals surface area contributed by atoms with Gasteiger partial charge in [0.25, 0.3) is 0 Å². The van der Waals surface area contributed by atoms with Crippen molar-refractivity contribution in [3.63, 3.8) is 0 Å². The molecule has 0 heterocycles. The van der Waals surface area contributed by atoms with Crippen LogP contribution in [-0.4, -0.2) is 35.9 Å². The van der Waals surface area contributed by atoms with E-state index in [1.165, 1.54) is 31.2 Å². The predicted molar refractivity (Wildman–Crippen MR) is 91.3 cm³/mol. The van der Waals surface area contributed by atoms with E-state index in [-0.39, 0.29) is 0 Å². The Morgan fingerprint density at radius 2 is 1.95 bits per heavy atom. The van der Waals surface area contributed by atoms with Crippen LogP contribution in [0.3, 0.4) is 0 Å². The minimum Gasteiger partial charge on any atom is -0.465 e. The van der Waals surface area contributed by atoms with Crippen molar-refractivity contribution in [1.29, 1.82) is 0 Å². The summed E-state index contributed by atoms with van der Waals surface area (Å²) in [4.78, 5) is 2.27. The van der Waals surface area contributed by atoms with Crippen molar-refractivity contribution in [1.82, 2.24) is 4.90 Å². The van der Waals surface area contributed by atoms with E-state index in [0.717, 1.165) is 18.7 Å². The normalized spacial score (nSPS) is 18.6. The maximum absolute atomic E-state index is 10.2. The number of hydrogen-bond donors (Lipinski definition) is 1. The maximum atomic E-state index is 10.2. The van der Waals surface area contributed by atoms with E-state index in [2.05, 4.69) is 37.9 Å². The molecule has 124 valence electrons. The van der Waals surface area contributed by atoms with Crippen molar-refractivity contribution >= 4 is 0 Å². The van der Waals surface area contributed by atoms with Crippen LogP contribution in [0, 0.1) is 0 Å². The average molecular weight is 305 g/mol. The summed E-state index contributed by atoms with van der Waals surface area (Å²) in [6, 6.07) is 8.76. The molecule has 0 aromatic heterocycles. The minimum absolute atomic E-state index is 0.540. The summed E-state index contributed by atoms with van der Waals surface area (Å²) in [6.45, 7) is 5.25. The van der Waals surface area contributed by atoms with Gasteiger partial charge in [0.1, 0.15) is 5.75 Å². The molecule has 0 radical (unpaired) electrons. The van der Waals surface area contributed by atoms with Crippen molar-refractivity contribution in [2.45, 2.75) is 70.6 Å². The molecule has 1 aromatic rings. The van der Waals surface area contributed by atoms with Gasteiger partial charge in [-0.1, -0.05) is 38.0 Å². The fourth-order valence-electron chi connectivity index (χ4n) is 3.21. The van der Waals surface area contributed by atoms with Gasteiger partial charge in [0, 0.05) is 19.0 Å². The van der Waals surface area contributed by atoms with Gasteiger partial charge in [-0.25, -0.2) is 0 Å². The Labute approximate surface area is 135 Å². The largest absolute Gasteiger partial charge is 0.465 e. The monoisotopic (exact) mass is 305 g/mol. The quantitative estimate of drug-likeness (QED) is 0.732. The molecule has 22 heavy (non-hydrogen) atoms. The highest BCUT2D eigenvalue weighted by atomic mass is 16.6. The summed E-state index contributed by atoms with van der Waals surface area (Å²) in [6.07, 6.45) is 6.13. The second kappa shape index (κ2) is 8.54. The second-order valence-corrected chi connectivity index (χ2v) is 6.62. The molecule has 0 amide bonds. The minimum atomic E-state index is -0.728. The molecule has 1 saturated carbocycles. The molecule has 1 aliphatic carbocycles. The zero-order valence-corrected chi connectivity index (χ0v) is 14.3. The molecule has 1 fully saturated rings. The highest BCUT2D eigenvalue weighted by Gasteiger charge is 2.21. The van der Waals surface area contributed by atoms with Crippen LogP contribution in [0.5, 0.6) is 5.75 Å². The van der Waals surface area contributed by atoms with E-state index in [1.54, 1.807) is 0 Å². The van der Waals surface area contributed by atoms with Gasteiger partial charge in [0.05, 0.1) is 0 Å². The fraction of sp³-hybridized carbons (Fsp3) is 0.684. The number of aliphatic hydroxyl groups is 1. The van der Waals surface area contributed by atoms with E-state index in [0.29, 0.717) is 18.4 Å². The Bertz CT molecular complexity index is 443. The van der Waals surface area contributed by atoms with Gasteiger partial charge in [-0.05, 0) is 50.8 Å². The number of rotatable bonds is 8. The molecule has 1 N–H and O–H groups in total. The van der Waals surface area contributed by atoms with Gasteiger partial charge < -0.3 is 14.7 Å². The molecule has 1 aliphatic rings. The Kier molecular flexibility index (Phi) is 6.71. The summed E-state index contributed by atoms with van der Waals surface area (Å²) in [5, 5.41) is 10.2. The van der Waals surface area contributed by atoms with E-state index >= 15 is 0 Å². The third kappa shape index (κ3) is 4.72. The average Bonchev–Trinajstić information content (AvgIpc) is 3.06. The Hall–Kier alpha value is -1.06. The Morgan fingerprint density at radius 1 is 1.27 bits per heavy atom. The van der Waals surface area contributed by atoms with Crippen molar-refractivity contribution in [3.05, 3.63) is 29.8 Å². The van der Waals surface area contributed by atoms with Crippen LogP contribution < -0.4 is 4.74 Å². The van der Waals surface area contributed by atoms with Crippen LogP contribution in [0.25, 0.3) is 0 Å². The SMILES string of the molecule is CCC(C)N(C)CCC(O)Oc1ccccc1C1CCCC1. The van der Waals surface area contributed by atoms with Crippen molar-refractivity contribution < 1.29 is 9.84 Å². The van der Waals surface area contributed by atoms with Gasteiger partial charge in [-0.2, -0.15) is 0 Å². The molecule has 1 aromatic carbocycles. The molecule has 0 aliphatic heterocycles. The number of benzene rings is 1. The second-order valence-electron chi connectivity index (χ2n) is 6.62. The van der Waals surface area contributed by atoms with Crippen LogP contribution in [0.15, 0.2) is 24.3 Å². The topological polar surface area (TPSA) is 32.7 Å². The predicted octanol–water partition coefficient (Wildman–Crippen LogP) is 4.16. The van der Waals surface area contributed by atoms with E-state index in [4.69, 9.17) is 4.74 Å². The Balaban J connectivity index is 1.90. The van der Waals surface area contributed by atoms with Gasteiger partial charge >= 0.3 is 0 Å². The molecule has 2 atom stereocenters. The fourth-order valence-corrected chi connectivity index (χ4v) is 3.21. The molecule has 0 spiro atoms. The van der Waals surface area contributed by atoms with Crippen LogP contribution >= 0.6 is 0 Å². The van der Waals surface area contributed by atoms with Crippen molar-refractivity contribution in [2.75, 3.05) is 13.6 Å². The number of aliphatic hydroxyl groups excluding tert-OH is 1. The lowest BCUT2D eigenvalue weighted by atomic mass is 9.97. The summed E-state index contributed by atoms with van der Waals surface area (Å²) in [7, 11) is 2.10. The van der Waals surface area contributed by atoms with Crippen molar-refractivity contribution in [3.8, 4) is 5.75 Å². The summed E-state index contributed by atoms with van der Waals surface area (Å²) in [5.74, 6) is 1.47. The lowest BCUT2D eigenvalue weighted by Gasteiger charge is -2.25. The first-order valence-electron chi connectivity index (χ1n) is 8.75. The molecular formula is C19H31NO2. The molecule has 3 heteroatoms. The van der Waals surface area contributed by atoms with Crippen LogP contribution in [0.2, 0.25) is 0 Å². The molecule has 2 unspecified atom stereocenters. The summed E-state index contributed by atoms with van der Waals surface area (Å²) in [5.41, 5.74) is 1.27. The highest BCUT2D eigenvalue weighted by Crippen LogP contribution is 2.38. The lowest BCUT2D eigenvalue weighted by molar-refractivity contribution is -0.0301. The van der Waals surface area contributed by atoms with Crippen LogP contribution in [0.4, 0.5) is 0 Å². The van der Waals surface area contributed by atoms with Crippen LogP contribution in [0.1, 0.15) is 63.9 Å². The first-order chi connectivity index (χ1) is 10.6. The van der Waals surface area contributed by atoms with Gasteiger partial charge in [0.2, 0.25) is 0 Å². The number of para-hydroxylation sites is 1. The van der Waals surface area contributed by atoms with Gasteiger partial charge in [0.15, 0.2) is 6.29 Å². The molecule has 2 rings (SSSR count). The smallest absolute Gasteiger partial charge is 0.198 e. The van der Waals surface area contributed by atoms with E-state index in [1.807, 2.05) is 12.1 Å². The van der Waals surface area contributed by atoms with Crippen LogP contribution in [-0.2, 0) is 0 Å². The third-order valence-corrected chi connectivity index (χ3v) is 5.05. The first kappa shape index (κ1) is 17.3. The number of nitrogens with zero attached hydrogens (tertiary/aromatic N) is 1. The first-order valence-corrected chi connectivity index (χ1v) is 8.75. The Morgan fingerprint density at radius 3 is 2.64 bits per heavy atom. The van der Waals surface area contributed by atoms with Gasteiger partial charge in [-0.3, -0.25) is 0 Å². The van der Waals surface area contributed by atoms with E-state index < -0.39 is 6.29 Å². The zero-order valence-electron chi connectivity index (χ0n) is 14.3. The van der Waals surface area contributed by atoms with E-state index in [9.17, 15) is 5.11 Å². The standard InChI is InChI=1S/C19H31NO2/c1-4-15(2)20(3)14-13-19(21)22-18-12-8-7-11-17(18)16-9-5-6-10-16/h7-8,11-12,15-16,19,21H,4-6,9-10,13-14H2,1-3H3. The summed E-state index contributed by atoms with van der Waals surface area (Å²) < 4.78 is 5.85. The molecular weight excluding hydrogens is 274 g/mol.